The zero-order chi connectivity index (χ0) is 12.4. The molecule has 0 aromatic heterocycles. The van der Waals surface area contributed by atoms with E-state index in [9.17, 15) is 0 Å². The maximum Gasteiger partial charge on any atom is 0.0320 e. The number of rotatable bonds is 2. The summed E-state index contributed by atoms with van der Waals surface area (Å²) in [6.45, 7) is 0.524. The van der Waals surface area contributed by atoms with Gasteiger partial charge in [0.15, 0.2) is 0 Å². The molecule has 3 atom stereocenters. The van der Waals surface area contributed by atoms with E-state index in [1.165, 1.54) is 5.56 Å². The highest BCUT2D eigenvalue weighted by atomic mass is 14.8. The molecule has 1 aromatic carbocycles. The summed E-state index contributed by atoms with van der Waals surface area (Å²) in [5.74, 6) is 0.471. The third-order valence-corrected chi connectivity index (χ3v) is 3.70. The lowest BCUT2D eigenvalue weighted by atomic mass is 9.79. The van der Waals surface area contributed by atoms with Crippen LogP contribution in [0.2, 0.25) is 0 Å². The molecule has 4 heteroatoms. The van der Waals surface area contributed by atoms with Crippen molar-refractivity contribution < 1.29 is 0 Å². The maximum absolute atomic E-state index is 6.03. The number of nitrogen functional groups attached to an aromatic ring is 1. The molecule has 0 radical (unpaired) electrons. The second-order valence-corrected chi connectivity index (χ2v) is 5.05. The van der Waals surface area contributed by atoms with Gasteiger partial charge in [0.05, 0.1) is 0 Å². The van der Waals surface area contributed by atoms with Gasteiger partial charge in [0.1, 0.15) is 0 Å². The van der Waals surface area contributed by atoms with Crippen LogP contribution in [0.15, 0.2) is 18.2 Å². The summed E-state index contributed by atoms with van der Waals surface area (Å²) in [4.78, 5) is 0. The topological polar surface area (TPSA) is 104 Å². The van der Waals surface area contributed by atoms with Crippen LogP contribution in [0.1, 0.15) is 36.3 Å². The van der Waals surface area contributed by atoms with Gasteiger partial charge in [-0.25, -0.2) is 0 Å². The quantitative estimate of drug-likeness (QED) is 0.564. The van der Waals surface area contributed by atoms with E-state index in [4.69, 9.17) is 22.9 Å². The molecular weight excluding hydrogens is 212 g/mol. The van der Waals surface area contributed by atoms with Crippen molar-refractivity contribution in [3.63, 3.8) is 0 Å². The molecule has 0 aliphatic heterocycles. The van der Waals surface area contributed by atoms with Gasteiger partial charge in [-0.15, -0.1) is 0 Å². The summed E-state index contributed by atoms with van der Waals surface area (Å²) in [5, 5.41) is 0. The van der Waals surface area contributed by atoms with Gasteiger partial charge in [0.25, 0.3) is 0 Å². The zero-order valence-electron chi connectivity index (χ0n) is 10.1. The molecule has 0 heterocycles. The highest BCUT2D eigenvalue weighted by Crippen LogP contribution is 2.33. The van der Waals surface area contributed by atoms with Crippen LogP contribution in [0.25, 0.3) is 0 Å². The van der Waals surface area contributed by atoms with Crippen LogP contribution in [0.4, 0.5) is 5.69 Å². The molecule has 0 spiro atoms. The summed E-state index contributed by atoms with van der Waals surface area (Å²) in [6, 6.07) is 6.34. The number of nitrogens with two attached hydrogens (primary N) is 4. The predicted molar refractivity (Wildman–Crippen MR) is 71.3 cm³/mol. The second kappa shape index (κ2) is 5.04. The van der Waals surface area contributed by atoms with Crippen molar-refractivity contribution in [1.29, 1.82) is 0 Å². The Bertz CT molecular complexity index is 391. The van der Waals surface area contributed by atoms with E-state index in [1.54, 1.807) is 0 Å². The Kier molecular flexibility index (Phi) is 3.66. The maximum atomic E-state index is 6.03. The van der Waals surface area contributed by atoms with Crippen molar-refractivity contribution in [3.8, 4) is 0 Å². The van der Waals surface area contributed by atoms with Crippen LogP contribution in [0.5, 0.6) is 0 Å². The summed E-state index contributed by atoms with van der Waals surface area (Å²) in [6.07, 6.45) is 3.01. The van der Waals surface area contributed by atoms with Gasteiger partial charge in [-0.3, -0.25) is 0 Å². The first-order valence-corrected chi connectivity index (χ1v) is 6.20. The Balaban J connectivity index is 2.19. The van der Waals surface area contributed by atoms with Crippen molar-refractivity contribution in [2.24, 2.45) is 17.2 Å². The van der Waals surface area contributed by atoms with Gasteiger partial charge in [-0.1, -0.05) is 6.07 Å². The third kappa shape index (κ3) is 2.77. The summed E-state index contributed by atoms with van der Waals surface area (Å²) in [5.41, 5.74) is 26.7. The second-order valence-electron chi connectivity index (χ2n) is 5.05. The highest BCUT2D eigenvalue weighted by Gasteiger charge is 2.26. The lowest BCUT2D eigenvalue weighted by molar-refractivity contribution is 0.347. The molecule has 2 rings (SSSR count). The zero-order valence-corrected chi connectivity index (χ0v) is 10.1. The van der Waals surface area contributed by atoms with Gasteiger partial charge < -0.3 is 22.9 Å². The van der Waals surface area contributed by atoms with E-state index >= 15 is 0 Å². The molecular formula is C13H22N4. The predicted octanol–water partition coefficient (Wildman–Crippen LogP) is 0.650. The average molecular weight is 234 g/mol. The molecule has 1 aromatic rings. The Hall–Kier alpha value is -1.10. The van der Waals surface area contributed by atoms with Crippen LogP contribution in [0.3, 0.4) is 0 Å². The molecule has 17 heavy (non-hydrogen) atoms. The lowest BCUT2D eigenvalue weighted by Crippen LogP contribution is -2.45. The minimum atomic E-state index is 0.0940. The van der Waals surface area contributed by atoms with E-state index < -0.39 is 0 Å². The van der Waals surface area contributed by atoms with Crippen LogP contribution in [-0.4, -0.2) is 12.1 Å². The number of benzene rings is 1. The van der Waals surface area contributed by atoms with Crippen LogP contribution < -0.4 is 22.9 Å². The standard InChI is InChI=1S/C13H22N4/c14-7-8-3-10(5-11(15)4-8)9-1-2-12(16)13(17)6-9/h3-5,9,12-13H,1-2,6-7,14-17H2. The number of hydrogen-bond acceptors (Lipinski definition) is 4. The minimum absolute atomic E-state index is 0.0940. The molecule has 4 nitrogen and oxygen atoms in total. The van der Waals surface area contributed by atoms with Gasteiger partial charge >= 0.3 is 0 Å². The average Bonchev–Trinajstić information content (AvgIpc) is 2.32. The largest absolute Gasteiger partial charge is 0.399 e. The minimum Gasteiger partial charge on any atom is -0.399 e. The fourth-order valence-electron chi connectivity index (χ4n) is 2.63. The summed E-state index contributed by atoms with van der Waals surface area (Å²) < 4.78 is 0. The fourth-order valence-corrected chi connectivity index (χ4v) is 2.63. The normalized spacial score (nSPS) is 29.2. The van der Waals surface area contributed by atoms with Crippen molar-refractivity contribution in [3.05, 3.63) is 29.3 Å². The van der Waals surface area contributed by atoms with E-state index in [1.807, 2.05) is 12.1 Å². The van der Waals surface area contributed by atoms with E-state index in [0.717, 1.165) is 30.5 Å². The number of anilines is 1. The van der Waals surface area contributed by atoms with Gasteiger partial charge in [0.2, 0.25) is 0 Å². The lowest BCUT2D eigenvalue weighted by Gasteiger charge is -2.32. The molecule has 3 unspecified atom stereocenters. The first-order chi connectivity index (χ1) is 8.10. The summed E-state index contributed by atoms with van der Waals surface area (Å²) in [7, 11) is 0. The van der Waals surface area contributed by atoms with Crippen molar-refractivity contribution in [2.75, 3.05) is 5.73 Å². The molecule has 8 N–H and O–H groups in total. The Morgan fingerprint density at radius 2 is 1.82 bits per heavy atom. The van der Waals surface area contributed by atoms with Gasteiger partial charge in [-0.05, 0) is 48.4 Å². The van der Waals surface area contributed by atoms with Crippen molar-refractivity contribution in [1.82, 2.24) is 0 Å². The van der Waals surface area contributed by atoms with Crippen molar-refractivity contribution in [2.45, 2.75) is 43.8 Å². The highest BCUT2D eigenvalue weighted by molar-refractivity contribution is 5.46. The first-order valence-electron chi connectivity index (χ1n) is 6.20. The first kappa shape index (κ1) is 12.4. The van der Waals surface area contributed by atoms with Crippen LogP contribution >= 0.6 is 0 Å². The fraction of sp³-hybridized carbons (Fsp3) is 0.538. The molecule has 1 saturated carbocycles. The smallest absolute Gasteiger partial charge is 0.0320 e. The Morgan fingerprint density at radius 1 is 1.06 bits per heavy atom. The van der Waals surface area contributed by atoms with Gasteiger partial charge in [0, 0.05) is 24.3 Å². The SMILES string of the molecule is NCc1cc(N)cc(C2CCC(N)C(N)C2)c1. The van der Waals surface area contributed by atoms with E-state index in [-0.39, 0.29) is 12.1 Å². The van der Waals surface area contributed by atoms with Crippen LogP contribution in [-0.2, 0) is 6.54 Å². The molecule has 0 amide bonds. The molecule has 0 bridgehead atoms. The molecule has 94 valence electrons. The van der Waals surface area contributed by atoms with Gasteiger partial charge in [-0.2, -0.15) is 0 Å². The molecule has 1 fully saturated rings. The molecule has 0 saturated heterocycles. The molecule has 1 aliphatic rings. The number of hydrogen-bond donors (Lipinski definition) is 4. The molecule has 1 aliphatic carbocycles. The van der Waals surface area contributed by atoms with Crippen LogP contribution in [0, 0.1) is 0 Å². The van der Waals surface area contributed by atoms with E-state index in [0.29, 0.717) is 12.5 Å². The Morgan fingerprint density at radius 3 is 2.47 bits per heavy atom. The summed E-state index contributed by atoms with van der Waals surface area (Å²) >= 11 is 0. The monoisotopic (exact) mass is 234 g/mol. The third-order valence-electron chi connectivity index (χ3n) is 3.70. The van der Waals surface area contributed by atoms with E-state index in [2.05, 4.69) is 6.07 Å². The van der Waals surface area contributed by atoms with Crippen molar-refractivity contribution >= 4 is 5.69 Å². The Labute approximate surface area is 102 Å².